The Labute approximate surface area is 98.0 Å². The molecular formula is C11H13FN2O3. The third-order valence-corrected chi connectivity index (χ3v) is 1.78. The smallest absolute Gasteiger partial charge is 0.325 e. The van der Waals surface area contributed by atoms with Crippen LogP contribution in [0.4, 0.5) is 14.9 Å². The van der Waals surface area contributed by atoms with Gasteiger partial charge in [-0.3, -0.25) is 4.79 Å². The molecule has 0 unspecified atom stereocenters. The number of esters is 1. The third-order valence-electron chi connectivity index (χ3n) is 1.78. The van der Waals surface area contributed by atoms with E-state index in [4.69, 9.17) is 0 Å². The fourth-order valence-corrected chi connectivity index (χ4v) is 1.11. The molecule has 0 bridgehead atoms. The molecule has 5 nitrogen and oxygen atoms in total. The molecule has 0 heterocycles. The summed E-state index contributed by atoms with van der Waals surface area (Å²) in [6, 6.07) is 4.85. The van der Waals surface area contributed by atoms with Crippen molar-refractivity contribution in [2.75, 3.05) is 18.5 Å². The minimum atomic E-state index is -0.594. The fraction of sp³-hybridized carbons (Fsp3) is 0.273. The number of hydrogen-bond acceptors (Lipinski definition) is 3. The minimum absolute atomic E-state index is 0.227. The van der Waals surface area contributed by atoms with Gasteiger partial charge in [0.2, 0.25) is 0 Å². The first-order valence-corrected chi connectivity index (χ1v) is 5.08. The normalized spacial score (nSPS) is 9.53. The summed E-state index contributed by atoms with van der Waals surface area (Å²) in [5.41, 5.74) is 0.311. The van der Waals surface area contributed by atoms with Gasteiger partial charge in [-0.1, -0.05) is 6.07 Å². The molecule has 2 N–H and O–H groups in total. The number of carbonyl (C=O) groups is 2. The molecule has 2 amide bonds. The van der Waals surface area contributed by atoms with E-state index in [1.807, 2.05) is 0 Å². The summed E-state index contributed by atoms with van der Waals surface area (Å²) in [5, 5.41) is 4.67. The van der Waals surface area contributed by atoms with E-state index in [0.29, 0.717) is 5.69 Å². The molecular weight excluding hydrogens is 227 g/mol. The van der Waals surface area contributed by atoms with Gasteiger partial charge in [-0.2, -0.15) is 0 Å². The summed E-state index contributed by atoms with van der Waals surface area (Å²) in [5.74, 6) is -0.977. The molecule has 0 aromatic heterocycles. The molecule has 0 aliphatic heterocycles. The lowest BCUT2D eigenvalue weighted by Crippen LogP contribution is -2.34. The Kier molecular flexibility index (Phi) is 4.93. The monoisotopic (exact) mass is 240 g/mol. The predicted octanol–water partition coefficient (Wildman–Crippen LogP) is 1.51. The summed E-state index contributed by atoms with van der Waals surface area (Å²) in [6.07, 6.45) is 0. The zero-order valence-electron chi connectivity index (χ0n) is 9.33. The lowest BCUT2D eigenvalue weighted by Gasteiger charge is -2.07. The molecule has 0 radical (unpaired) electrons. The van der Waals surface area contributed by atoms with Crippen LogP contribution in [-0.4, -0.2) is 25.2 Å². The Morgan fingerprint density at radius 3 is 2.82 bits per heavy atom. The van der Waals surface area contributed by atoms with Gasteiger partial charge < -0.3 is 15.4 Å². The van der Waals surface area contributed by atoms with Gasteiger partial charge in [-0.25, -0.2) is 9.18 Å². The van der Waals surface area contributed by atoms with Gasteiger partial charge in [0.25, 0.3) is 0 Å². The number of nitrogens with one attached hydrogen (secondary N) is 2. The van der Waals surface area contributed by atoms with Crippen molar-refractivity contribution in [3.8, 4) is 0 Å². The number of hydrogen-bond donors (Lipinski definition) is 2. The summed E-state index contributed by atoms with van der Waals surface area (Å²) in [4.78, 5) is 22.2. The van der Waals surface area contributed by atoms with Crippen LogP contribution >= 0.6 is 0 Å². The van der Waals surface area contributed by atoms with Gasteiger partial charge in [0.1, 0.15) is 12.4 Å². The molecule has 0 atom stereocenters. The largest absolute Gasteiger partial charge is 0.465 e. The number of halogens is 1. The number of anilines is 1. The maximum Gasteiger partial charge on any atom is 0.325 e. The first kappa shape index (κ1) is 13.0. The zero-order chi connectivity index (χ0) is 12.7. The van der Waals surface area contributed by atoms with Crippen molar-refractivity contribution in [2.45, 2.75) is 6.92 Å². The van der Waals surface area contributed by atoms with E-state index >= 15 is 0 Å². The Morgan fingerprint density at radius 1 is 1.41 bits per heavy atom. The molecule has 0 saturated heterocycles. The highest BCUT2D eigenvalue weighted by Gasteiger charge is 2.06. The summed E-state index contributed by atoms with van der Waals surface area (Å²) in [7, 11) is 0. The molecule has 0 aliphatic carbocycles. The maximum atomic E-state index is 12.8. The van der Waals surface area contributed by atoms with Crippen LogP contribution in [-0.2, 0) is 9.53 Å². The molecule has 92 valence electrons. The standard InChI is InChI=1S/C11H13FN2O3/c1-2-17-10(15)7-13-11(16)14-9-5-3-4-8(12)6-9/h3-6H,2,7H2,1H3,(H2,13,14,16). The molecule has 6 heteroatoms. The Bertz CT molecular complexity index is 409. The summed E-state index contributed by atoms with van der Waals surface area (Å²) >= 11 is 0. The van der Waals surface area contributed by atoms with Crippen molar-refractivity contribution in [1.82, 2.24) is 5.32 Å². The average molecular weight is 240 g/mol. The zero-order valence-corrected chi connectivity index (χ0v) is 9.33. The number of benzene rings is 1. The highest BCUT2D eigenvalue weighted by Crippen LogP contribution is 2.08. The molecule has 0 aliphatic rings. The Morgan fingerprint density at radius 2 is 2.18 bits per heavy atom. The van der Waals surface area contributed by atoms with Gasteiger partial charge in [0.15, 0.2) is 0 Å². The van der Waals surface area contributed by atoms with Crippen molar-refractivity contribution in [1.29, 1.82) is 0 Å². The Hall–Kier alpha value is -2.11. The van der Waals surface area contributed by atoms with E-state index in [-0.39, 0.29) is 13.2 Å². The minimum Gasteiger partial charge on any atom is -0.465 e. The van der Waals surface area contributed by atoms with Crippen LogP contribution in [0, 0.1) is 5.82 Å². The van der Waals surface area contributed by atoms with Crippen LogP contribution < -0.4 is 10.6 Å². The first-order chi connectivity index (χ1) is 8.11. The topological polar surface area (TPSA) is 67.4 Å². The van der Waals surface area contributed by atoms with E-state index in [1.54, 1.807) is 6.92 Å². The maximum absolute atomic E-state index is 12.8. The van der Waals surface area contributed by atoms with Crippen molar-refractivity contribution < 1.29 is 18.7 Å². The molecule has 1 aromatic rings. The van der Waals surface area contributed by atoms with Gasteiger partial charge in [-0.15, -0.1) is 0 Å². The number of ether oxygens (including phenoxy) is 1. The third kappa shape index (κ3) is 4.96. The van der Waals surface area contributed by atoms with Crippen molar-refractivity contribution in [3.63, 3.8) is 0 Å². The molecule has 0 saturated carbocycles. The van der Waals surface area contributed by atoms with E-state index in [2.05, 4.69) is 15.4 Å². The van der Waals surface area contributed by atoms with E-state index < -0.39 is 17.8 Å². The summed E-state index contributed by atoms with van der Waals surface area (Å²) in [6.45, 7) is 1.70. The van der Waals surface area contributed by atoms with Crippen molar-refractivity contribution in [2.24, 2.45) is 0 Å². The average Bonchev–Trinajstić information content (AvgIpc) is 2.27. The van der Waals surface area contributed by atoms with Gasteiger partial charge >= 0.3 is 12.0 Å². The molecule has 1 rings (SSSR count). The number of rotatable bonds is 4. The number of urea groups is 1. The predicted molar refractivity (Wildman–Crippen MR) is 60.1 cm³/mol. The second kappa shape index (κ2) is 6.47. The van der Waals surface area contributed by atoms with Gasteiger partial charge in [0, 0.05) is 5.69 Å². The van der Waals surface area contributed by atoms with Crippen molar-refractivity contribution in [3.05, 3.63) is 30.1 Å². The number of amides is 2. The number of carbonyl (C=O) groups excluding carboxylic acids is 2. The fourth-order valence-electron chi connectivity index (χ4n) is 1.11. The highest BCUT2D eigenvalue weighted by molar-refractivity contribution is 5.91. The van der Waals surface area contributed by atoms with E-state index in [1.165, 1.54) is 24.3 Å². The molecule has 17 heavy (non-hydrogen) atoms. The lowest BCUT2D eigenvalue weighted by molar-refractivity contribution is -0.141. The lowest BCUT2D eigenvalue weighted by atomic mass is 10.3. The van der Waals surface area contributed by atoms with Gasteiger partial charge in [0.05, 0.1) is 6.61 Å². The van der Waals surface area contributed by atoms with Crippen LogP contribution in [0.5, 0.6) is 0 Å². The van der Waals surface area contributed by atoms with Crippen molar-refractivity contribution >= 4 is 17.7 Å². The first-order valence-electron chi connectivity index (χ1n) is 5.08. The quantitative estimate of drug-likeness (QED) is 0.784. The summed E-state index contributed by atoms with van der Waals surface area (Å²) < 4.78 is 17.4. The van der Waals surface area contributed by atoms with E-state index in [9.17, 15) is 14.0 Å². The van der Waals surface area contributed by atoms with Crippen LogP contribution in [0.1, 0.15) is 6.92 Å². The molecule has 0 fully saturated rings. The van der Waals surface area contributed by atoms with Gasteiger partial charge in [-0.05, 0) is 25.1 Å². The highest BCUT2D eigenvalue weighted by atomic mass is 19.1. The van der Waals surface area contributed by atoms with Crippen LogP contribution in [0.25, 0.3) is 0 Å². The van der Waals surface area contributed by atoms with Crippen LogP contribution in [0.3, 0.4) is 0 Å². The Balaban J connectivity index is 2.37. The van der Waals surface area contributed by atoms with E-state index in [0.717, 1.165) is 0 Å². The second-order valence-corrected chi connectivity index (χ2v) is 3.12. The van der Waals surface area contributed by atoms with Crippen LogP contribution in [0.2, 0.25) is 0 Å². The molecule has 1 aromatic carbocycles. The van der Waals surface area contributed by atoms with Crippen LogP contribution in [0.15, 0.2) is 24.3 Å². The molecule has 0 spiro atoms. The SMILES string of the molecule is CCOC(=O)CNC(=O)Nc1cccc(F)c1. The second-order valence-electron chi connectivity index (χ2n) is 3.12.